The predicted octanol–water partition coefficient (Wildman–Crippen LogP) is 3.38. The van der Waals surface area contributed by atoms with Gasteiger partial charge in [-0.05, 0) is 63.1 Å². The first kappa shape index (κ1) is 19.3. The molecule has 3 aromatic rings. The van der Waals surface area contributed by atoms with E-state index < -0.39 is 12.1 Å². The number of nitrogens with one attached hydrogen (secondary N) is 1. The maximum Gasteiger partial charge on any atom is 0.338 e. The fourth-order valence-electron chi connectivity index (χ4n) is 2.98. The lowest BCUT2D eigenvalue weighted by Crippen LogP contribution is -2.30. The maximum atomic E-state index is 12.5. The van der Waals surface area contributed by atoms with E-state index >= 15 is 0 Å². The molecule has 2 aromatic carbocycles. The van der Waals surface area contributed by atoms with Crippen LogP contribution < -0.4 is 5.32 Å². The van der Waals surface area contributed by atoms with E-state index in [9.17, 15) is 9.59 Å². The largest absolute Gasteiger partial charge is 0.449 e. The molecule has 1 amide bonds. The van der Waals surface area contributed by atoms with Crippen LogP contribution in [0.4, 0.5) is 5.69 Å². The van der Waals surface area contributed by atoms with Crippen molar-refractivity contribution in [3.63, 3.8) is 0 Å². The van der Waals surface area contributed by atoms with Crippen LogP contribution in [0.3, 0.4) is 0 Å². The minimum Gasteiger partial charge on any atom is -0.449 e. The summed E-state index contributed by atoms with van der Waals surface area (Å²) < 4.78 is 6.90. The summed E-state index contributed by atoms with van der Waals surface area (Å²) in [5, 5.41) is 6.88. The first-order valence-electron chi connectivity index (χ1n) is 8.90. The van der Waals surface area contributed by atoms with Crippen molar-refractivity contribution < 1.29 is 14.3 Å². The number of hydrogen-bond donors (Lipinski definition) is 1. The number of benzene rings is 2. The number of aromatic nitrogens is 3. The summed E-state index contributed by atoms with van der Waals surface area (Å²) in [5.41, 5.74) is 4.93. The van der Waals surface area contributed by atoms with Gasteiger partial charge in [-0.15, -0.1) is 0 Å². The first-order valence-corrected chi connectivity index (χ1v) is 8.90. The molecule has 0 bridgehead atoms. The normalized spacial score (nSPS) is 11.7. The summed E-state index contributed by atoms with van der Waals surface area (Å²) in [5.74, 6) is -0.937. The molecule has 0 aliphatic carbocycles. The molecule has 0 spiro atoms. The van der Waals surface area contributed by atoms with Gasteiger partial charge in [-0.3, -0.25) is 4.79 Å². The van der Waals surface area contributed by atoms with Crippen molar-refractivity contribution in [2.75, 3.05) is 5.32 Å². The van der Waals surface area contributed by atoms with E-state index in [1.807, 2.05) is 32.9 Å². The summed E-state index contributed by atoms with van der Waals surface area (Å²) in [6, 6.07) is 10.7. The van der Waals surface area contributed by atoms with Gasteiger partial charge in [0.05, 0.1) is 11.3 Å². The quantitative estimate of drug-likeness (QED) is 0.688. The fraction of sp³-hybridized carbons (Fsp3) is 0.238. The highest BCUT2D eigenvalue weighted by molar-refractivity contribution is 5.98. The average Bonchev–Trinajstić information content (AvgIpc) is 3.19. The molecule has 0 unspecified atom stereocenters. The van der Waals surface area contributed by atoms with Crippen molar-refractivity contribution in [3.05, 3.63) is 71.3 Å². The molecule has 0 radical (unpaired) electrons. The van der Waals surface area contributed by atoms with Crippen molar-refractivity contribution >= 4 is 17.6 Å². The molecule has 0 aliphatic rings. The van der Waals surface area contributed by atoms with E-state index in [1.54, 1.807) is 42.2 Å². The number of esters is 1. The monoisotopic (exact) mass is 378 g/mol. The zero-order chi connectivity index (χ0) is 20.3. The van der Waals surface area contributed by atoms with Crippen LogP contribution >= 0.6 is 0 Å². The molecular formula is C21H22N4O3. The third-order valence-electron chi connectivity index (χ3n) is 4.36. The Balaban J connectivity index is 1.64. The molecule has 0 saturated carbocycles. The van der Waals surface area contributed by atoms with E-state index in [0.29, 0.717) is 5.56 Å². The van der Waals surface area contributed by atoms with Crippen LogP contribution in [-0.2, 0) is 9.53 Å². The highest BCUT2D eigenvalue weighted by atomic mass is 16.5. The van der Waals surface area contributed by atoms with Crippen molar-refractivity contribution in [1.29, 1.82) is 0 Å². The van der Waals surface area contributed by atoms with Gasteiger partial charge in [0.1, 0.15) is 12.7 Å². The van der Waals surface area contributed by atoms with Gasteiger partial charge in [0.2, 0.25) is 0 Å². The molecule has 0 aliphatic heterocycles. The minimum atomic E-state index is -0.928. The second-order valence-electron chi connectivity index (χ2n) is 6.70. The first-order chi connectivity index (χ1) is 13.3. The second-order valence-corrected chi connectivity index (χ2v) is 6.70. The number of carbonyl (C=O) groups is 2. The Kier molecular flexibility index (Phi) is 5.54. The number of hydrogen-bond acceptors (Lipinski definition) is 5. The van der Waals surface area contributed by atoms with E-state index in [0.717, 1.165) is 28.1 Å². The fourth-order valence-corrected chi connectivity index (χ4v) is 2.98. The Morgan fingerprint density at radius 2 is 1.71 bits per heavy atom. The van der Waals surface area contributed by atoms with Crippen LogP contribution in [-0.4, -0.2) is 32.7 Å². The summed E-state index contributed by atoms with van der Waals surface area (Å²) in [7, 11) is 0. The Hall–Kier alpha value is -3.48. The van der Waals surface area contributed by atoms with E-state index in [1.165, 1.54) is 6.33 Å². The molecule has 1 atom stereocenters. The number of anilines is 1. The van der Waals surface area contributed by atoms with Gasteiger partial charge in [-0.25, -0.2) is 14.5 Å². The van der Waals surface area contributed by atoms with Crippen LogP contribution in [0.2, 0.25) is 0 Å². The van der Waals surface area contributed by atoms with Crippen LogP contribution in [0.15, 0.2) is 49.1 Å². The lowest BCUT2D eigenvalue weighted by molar-refractivity contribution is -0.123. The highest BCUT2D eigenvalue weighted by Gasteiger charge is 2.20. The van der Waals surface area contributed by atoms with Crippen molar-refractivity contribution in [3.8, 4) is 5.69 Å². The van der Waals surface area contributed by atoms with Gasteiger partial charge >= 0.3 is 5.97 Å². The van der Waals surface area contributed by atoms with Gasteiger partial charge in [0.25, 0.3) is 5.91 Å². The Morgan fingerprint density at radius 1 is 1.07 bits per heavy atom. The number of amides is 1. The predicted molar refractivity (Wildman–Crippen MR) is 106 cm³/mol. The minimum absolute atomic E-state index is 0.353. The zero-order valence-electron chi connectivity index (χ0n) is 16.3. The number of ether oxygens (including phenoxy) is 1. The lowest BCUT2D eigenvalue weighted by Gasteiger charge is -2.17. The number of rotatable bonds is 5. The Bertz CT molecular complexity index is 972. The van der Waals surface area contributed by atoms with E-state index in [2.05, 4.69) is 15.4 Å². The van der Waals surface area contributed by atoms with Gasteiger partial charge in [0.15, 0.2) is 6.10 Å². The number of nitrogens with zero attached hydrogens (tertiary/aromatic N) is 3. The molecule has 1 heterocycles. The summed E-state index contributed by atoms with van der Waals surface area (Å²) in [4.78, 5) is 28.7. The molecular weight excluding hydrogens is 356 g/mol. The van der Waals surface area contributed by atoms with Crippen molar-refractivity contribution in [2.45, 2.75) is 33.8 Å². The lowest BCUT2D eigenvalue weighted by atomic mass is 10.0. The van der Waals surface area contributed by atoms with Gasteiger partial charge < -0.3 is 10.1 Å². The second kappa shape index (κ2) is 8.04. The molecule has 7 nitrogen and oxygen atoms in total. The van der Waals surface area contributed by atoms with E-state index in [-0.39, 0.29) is 5.91 Å². The average molecular weight is 378 g/mol. The third-order valence-corrected chi connectivity index (χ3v) is 4.36. The van der Waals surface area contributed by atoms with Crippen molar-refractivity contribution in [2.24, 2.45) is 0 Å². The molecule has 28 heavy (non-hydrogen) atoms. The standard InChI is InChI=1S/C21H22N4O3/c1-13-9-14(2)19(15(3)10-13)24-20(26)16(4)28-21(27)17-5-7-18(8-6-17)25-12-22-11-23-25/h5-12,16H,1-4H3,(H,24,26)/t16-/m1/s1. The molecule has 144 valence electrons. The van der Waals surface area contributed by atoms with Crippen LogP contribution in [0.1, 0.15) is 34.0 Å². The van der Waals surface area contributed by atoms with Crippen LogP contribution in [0, 0.1) is 20.8 Å². The zero-order valence-corrected chi connectivity index (χ0v) is 16.3. The maximum absolute atomic E-state index is 12.5. The Morgan fingerprint density at radius 3 is 2.29 bits per heavy atom. The summed E-state index contributed by atoms with van der Waals surface area (Å²) >= 11 is 0. The van der Waals surface area contributed by atoms with Gasteiger partial charge in [0, 0.05) is 5.69 Å². The molecule has 0 saturated heterocycles. The molecule has 1 N–H and O–H groups in total. The molecule has 7 heteroatoms. The SMILES string of the molecule is Cc1cc(C)c(NC(=O)[C@@H](C)OC(=O)c2ccc(-n3cncn3)cc2)c(C)c1. The van der Waals surface area contributed by atoms with Gasteiger partial charge in [-0.2, -0.15) is 5.10 Å². The number of carbonyl (C=O) groups excluding carboxylic acids is 2. The van der Waals surface area contributed by atoms with Gasteiger partial charge in [-0.1, -0.05) is 17.7 Å². The summed E-state index contributed by atoms with van der Waals surface area (Å²) in [6.45, 7) is 7.42. The molecule has 3 rings (SSSR count). The molecule has 1 aromatic heterocycles. The highest BCUT2D eigenvalue weighted by Crippen LogP contribution is 2.22. The van der Waals surface area contributed by atoms with E-state index in [4.69, 9.17) is 4.74 Å². The van der Waals surface area contributed by atoms with Crippen LogP contribution in [0.25, 0.3) is 5.69 Å². The van der Waals surface area contributed by atoms with Crippen molar-refractivity contribution in [1.82, 2.24) is 14.8 Å². The third kappa shape index (κ3) is 4.25. The topological polar surface area (TPSA) is 86.1 Å². The summed E-state index contributed by atoms with van der Waals surface area (Å²) in [6.07, 6.45) is 2.07. The van der Waals surface area contributed by atoms with Crippen LogP contribution in [0.5, 0.6) is 0 Å². The smallest absolute Gasteiger partial charge is 0.338 e. The Labute approximate surface area is 163 Å². The molecule has 0 fully saturated rings. The number of aryl methyl sites for hydroxylation is 3.